The van der Waals surface area contributed by atoms with Crippen molar-refractivity contribution in [2.75, 3.05) is 23.3 Å². The lowest BCUT2D eigenvalue weighted by Gasteiger charge is -2.30. The third-order valence-electron chi connectivity index (χ3n) is 5.17. The number of ether oxygens (including phenoxy) is 1. The maximum absolute atomic E-state index is 12.8. The van der Waals surface area contributed by atoms with Gasteiger partial charge < -0.3 is 19.9 Å². The van der Waals surface area contributed by atoms with E-state index in [-0.39, 0.29) is 22.7 Å². The van der Waals surface area contributed by atoms with Crippen LogP contribution in [0.4, 0.5) is 24.5 Å². The Bertz CT molecular complexity index is 1170. The first-order valence-electron chi connectivity index (χ1n) is 9.88. The molecule has 1 aliphatic rings. The normalized spacial score (nSPS) is 14.5. The van der Waals surface area contributed by atoms with Gasteiger partial charge in [0, 0.05) is 35.9 Å². The van der Waals surface area contributed by atoms with Crippen molar-refractivity contribution in [3.8, 4) is 5.75 Å². The molecule has 162 valence electrons. The van der Waals surface area contributed by atoms with E-state index in [1.807, 2.05) is 4.90 Å². The average Bonchev–Trinajstić information content (AvgIpc) is 2.75. The third kappa shape index (κ3) is 4.65. The summed E-state index contributed by atoms with van der Waals surface area (Å²) >= 11 is 0. The van der Waals surface area contributed by atoms with Gasteiger partial charge in [0.25, 0.3) is 5.91 Å². The van der Waals surface area contributed by atoms with Gasteiger partial charge in [0.1, 0.15) is 5.56 Å². The molecule has 0 saturated carbocycles. The number of carbonyl (C=O) groups is 1. The van der Waals surface area contributed by atoms with Crippen LogP contribution in [-0.4, -0.2) is 30.3 Å². The van der Waals surface area contributed by atoms with E-state index in [1.165, 1.54) is 24.4 Å². The van der Waals surface area contributed by atoms with Crippen molar-refractivity contribution >= 4 is 28.2 Å². The van der Waals surface area contributed by atoms with Gasteiger partial charge in [0.15, 0.2) is 5.75 Å². The number of rotatable bonds is 4. The molecule has 1 fully saturated rings. The van der Waals surface area contributed by atoms with E-state index < -0.39 is 17.7 Å². The van der Waals surface area contributed by atoms with Crippen molar-refractivity contribution in [2.45, 2.75) is 25.6 Å². The number of nitrogens with zero attached hydrogens (tertiary/aromatic N) is 1. The topological polar surface area (TPSA) is 74.4 Å². The monoisotopic (exact) mass is 431 g/mol. The molecule has 0 bridgehead atoms. The zero-order chi connectivity index (χ0) is 22.0. The highest BCUT2D eigenvalue weighted by atomic mass is 19.4. The predicted molar refractivity (Wildman–Crippen MR) is 112 cm³/mol. The summed E-state index contributed by atoms with van der Waals surface area (Å²) in [6.45, 7) is 1.19. The second-order valence-electron chi connectivity index (χ2n) is 7.31. The molecule has 1 aromatic heterocycles. The number of anilines is 2. The van der Waals surface area contributed by atoms with Gasteiger partial charge in [0.05, 0.1) is 5.69 Å². The molecule has 0 unspecified atom stereocenters. The fourth-order valence-corrected chi connectivity index (χ4v) is 3.72. The summed E-state index contributed by atoms with van der Waals surface area (Å²) in [6, 6.07) is 10.7. The summed E-state index contributed by atoms with van der Waals surface area (Å²) < 4.78 is 42.7. The molecule has 4 rings (SSSR count). The molecular formula is C22H20F3N3O3. The number of aromatic amines is 1. The summed E-state index contributed by atoms with van der Waals surface area (Å²) in [6.07, 6.45) is -0.781. The standard InChI is InChI=1S/C22H20F3N3O3/c23-22(24,25)31-19-9-8-14(12-18(19)28-10-4-1-5-11-28)27-21(30)16-13-26-17-7-3-2-6-15(17)20(16)29/h2-3,6-9,12-13H,1,4-5,10-11H2,(H,26,29)(H,27,30). The lowest BCUT2D eigenvalue weighted by atomic mass is 10.1. The zero-order valence-electron chi connectivity index (χ0n) is 16.5. The van der Waals surface area contributed by atoms with Gasteiger partial charge in [-0.25, -0.2) is 0 Å². The van der Waals surface area contributed by atoms with Crippen molar-refractivity contribution in [1.29, 1.82) is 0 Å². The van der Waals surface area contributed by atoms with Crippen molar-refractivity contribution in [3.05, 3.63) is 64.4 Å². The number of hydrogen-bond acceptors (Lipinski definition) is 4. The van der Waals surface area contributed by atoms with E-state index in [2.05, 4.69) is 15.0 Å². The number of carbonyl (C=O) groups excluding carboxylic acids is 1. The molecule has 0 spiro atoms. The van der Waals surface area contributed by atoms with Crippen molar-refractivity contribution < 1.29 is 22.7 Å². The van der Waals surface area contributed by atoms with E-state index in [1.54, 1.807) is 24.3 Å². The summed E-state index contributed by atoms with van der Waals surface area (Å²) in [5.41, 5.74) is 0.606. The van der Waals surface area contributed by atoms with Crippen LogP contribution in [-0.2, 0) is 0 Å². The molecule has 9 heteroatoms. The maximum Gasteiger partial charge on any atom is 0.573 e. The second-order valence-corrected chi connectivity index (χ2v) is 7.31. The van der Waals surface area contributed by atoms with Crippen molar-refractivity contribution in [3.63, 3.8) is 0 Å². The van der Waals surface area contributed by atoms with E-state index in [4.69, 9.17) is 0 Å². The molecule has 1 aliphatic heterocycles. The number of aromatic nitrogens is 1. The number of piperidine rings is 1. The van der Waals surface area contributed by atoms with E-state index in [0.717, 1.165) is 19.3 Å². The van der Waals surface area contributed by atoms with Crippen LogP contribution in [0, 0.1) is 0 Å². The first-order chi connectivity index (χ1) is 14.8. The minimum atomic E-state index is -4.83. The fourth-order valence-electron chi connectivity index (χ4n) is 3.72. The largest absolute Gasteiger partial charge is 0.573 e. The fraction of sp³-hybridized carbons (Fsp3) is 0.273. The third-order valence-corrected chi connectivity index (χ3v) is 5.17. The molecule has 3 aromatic rings. The van der Waals surface area contributed by atoms with Crippen LogP contribution in [0.25, 0.3) is 10.9 Å². The second kappa shape index (κ2) is 8.33. The first-order valence-corrected chi connectivity index (χ1v) is 9.88. The van der Waals surface area contributed by atoms with Crippen LogP contribution in [0.3, 0.4) is 0 Å². The van der Waals surface area contributed by atoms with Crippen LogP contribution in [0.1, 0.15) is 29.6 Å². The Morgan fingerprint density at radius 1 is 1.06 bits per heavy atom. The van der Waals surface area contributed by atoms with Crippen molar-refractivity contribution in [1.82, 2.24) is 4.98 Å². The number of nitrogens with one attached hydrogen (secondary N) is 2. The Labute approximate surface area is 175 Å². The molecule has 2 heterocycles. The minimum Gasteiger partial charge on any atom is -0.404 e. The number of halogens is 3. The minimum absolute atomic E-state index is 0.0890. The van der Waals surface area contributed by atoms with Crippen LogP contribution in [0.2, 0.25) is 0 Å². The SMILES string of the molecule is O=C(Nc1ccc(OC(F)(F)F)c(N2CCCCC2)c1)c1c[nH]c2ccccc2c1=O. The Hall–Kier alpha value is -3.49. The molecule has 0 aliphatic carbocycles. The van der Waals surface area contributed by atoms with Crippen LogP contribution in [0.5, 0.6) is 5.75 Å². The molecular weight excluding hydrogens is 411 g/mol. The summed E-state index contributed by atoms with van der Waals surface area (Å²) in [5.74, 6) is -0.975. The van der Waals surface area contributed by atoms with E-state index in [0.29, 0.717) is 24.0 Å². The Morgan fingerprint density at radius 3 is 2.55 bits per heavy atom. The molecule has 0 atom stereocenters. The van der Waals surface area contributed by atoms with Crippen LogP contribution < -0.4 is 20.4 Å². The number of benzene rings is 2. The molecule has 0 radical (unpaired) electrons. The Balaban J connectivity index is 1.64. The smallest absolute Gasteiger partial charge is 0.404 e. The number of para-hydroxylation sites is 1. The van der Waals surface area contributed by atoms with E-state index in [9.17, 15) is 22.8 Å². The first kappa shape index (κ1) is 20.8. The average molecular weight is 431 g/mol. The van der Waals surface area contributed by atoms with Gasteiger partial charge >= 0.3 is 6.36 Å². The van der Waals surface area contributed by atoms with Gasteiger partial charge in [-0.1, -0.05) is 12.1 Å². The predicted octanol–water partition coefficient (Wildman–Crippen LogP) is 4.67. The number of H-pyrrole nitrogens is 1. The van der Waals surface area contributed by atoms with E-state index >= 15 is 0 Å². The van der Waals surface area contributed by atoms with Gasteiger partial charge in [-0.15, -0.1) is 13.2 Å². The molecule has 6 nitrogen and oxygen atoms in total. The highest BCUT2D eigenvalue weighted by molar-refractivity contribution is 6.06. The quantitative estimate of drug-likeness (QED) is 0.630. The Kier molecular flexibility index (Phi) is 5.58. The van der Waals surface area contributed by atoms with Gasteiger partial charge in [-0.05, 0) is 49.6 Å². The zero-order valence-corrected chi connectivity index (χ0v) is 16.5. The van der Waals surface area contributed by atoms with Gasteiger partial charge in [-0.3, -0.25) is 9.59 Å². The van der Waals surface area contributed by atoms with Gasteiger partial charge in [-0.2, -0.15) is 0 Å². The van der Waals surface area contributed by atoms with Crippen LogP contribution in [0.15, 0.2) is 53.5 Å². The number of hydrogen-bond donors (Lipinski definition) is 2. The number of amides is 1. The molecule has 2 N–H and O–H groups in total. The highest BCUT2D eigenvalue weighted by Crippen LogP contribution is 2.36. The molecule has 1 saturated heterocycles. The van der Waals surface area contributed by atoms with Gasteiger partial charge in [0.2, 0.25) is 5.43 Å². The molecule has 1 amide bonds. The van der Waals surface area contributed by atoms with Crippen LogP contribution >= 0.6 is 0 Å². The number of fused-ring (bicyclic) bond motifs is 1. The molecule has 31 heavy (non-hydrogen) atoms. The summed E-state index contributed by atoms with van der Waals surface area (Å²) in [4.78, 5) is 30.1. The lowest BCUT2D eigenvalue weighted by Crippen LogP contribution is -2.31. The summed E-state index contributed by atoms with van der Waals surface area (Å²) in [5, 5.41) is 2.98. The lowest BCUT2D eigenvalue weighted by molar-refractivity contribution is -0.274. The highest BCUT2D eigenvalue weighted by Gasteiger charge is 2.33. The molecule has 2 aromatic carbocycles. The summed E-state index contributed by atoms with van der Waals surface area (Å²) in [7, 11) is 0. The number of pyridine rings is 1. The Morgan fingerprint density at radius 2 is 1.81 bits per heavy atom. The maximum atomic E-state index is 12.8. The van der Waals surface area contributed by atoms with Crippen molar-refractivity contribution in [2.24, 2.45) is 0 Å². The number of alkyl halides is 3.